The first-order valence-corrected chi connectivity index (χ1v) is 7.20. The van der Waals surface area contributed by atoms with Crippen molar-refractivity contribution < 1.29 is 9.18 Å². The highest BCUT2D eigenvalue weighted by Gasteiger charge is 2.09. The van der Waals surface area contributed by atoms with E-state index >= 15 is 0 Å². The molecule has 0 aliphatic heterocycles. The molecule has 0 aliphatic rings. The summed E-state index contributed by atoms with van der Waals surface area (Å²) in [7, 11) is 1.81. The second kappa shape index (κ2) is 7.87. The molecule has 1 aromatic carbocycles. The van der Waals surface area contributed by atoms with Gasteiger partial charge >= 0.3 is 0 Å². The molecule has 22 heavy (non-hydrogen) atoms. The number of likely N-dealkylation sites (N-methyl/N-ethyl adjacent to an activating group) is 1. The largest absolute Gasteiger partial charge is 0.351 e. The molecule has 1 heterocycles. The van der Waals surface area contributed by atoms with Crippen molar-refractivity contribution in [1.29, 1.82) is 0 Å². The lowest BCUT2D eigenvalue weighted by molar-refractivity contribution is -0.122. The molecule has 0 spiro atoms. The van der Waals surface area contributed by atoms with Crippen LogP contribution in [0.1, 0.15) is 11.1 Å². The minimum atomic E-state index is -0.370. The number of aromatic nitrogens is 1. The Hall–Kier alpha value is -1.98. The predicted molar refractivity (Wildman–Crippen MR) is 83.8 cm³/mol. The number of pyridine rings is 1. The van der Waals surface area contributed by atoms with Gasteiger partial charge in [-0.05, 0) is 36.4 Å². The monoisotopic (exact) mass is 321 g/mol. The summed E-state index contributed by atoms with van der Waals surface area (Å²) in [5.74, 6) is -0.463. The SMILES string of the molecule is CN(CC(=O)NCc1cccnc1)Cc1ccc(F)cc1Cl. The van der Waals surface area contributed by atoms with Crippen LogP contribution in [0.5, 0.6) is 0 Å². The lowest BCUT2D eigenvalue weighted by Gasteiger charge is -2.17. The van der Waals surface area contributed by atoms with Crippen LogP contribution >= 0.6 is 11.6 Å². The van der Waals surface area contributed by atoms with E-state index in [4.69, 9.17) is 11.6 Å². The number of carbonyl (C=O) groups is 1. The van der Waals surface area contributed by atoms with Crippen molar-refractivity contribution in [2.24, 2.45) is 0 Å². The van der Waals surface area contributed by atoms with Crippen LogP contribution in [0.4, 0.5) is 4.39 Å². The van der Waals surface area contributed by atoms with Crippen LogP contribution in [0.15, 0.2) is 42.7 Å². The van der Waals surface area contributed by atoms with Crippen molar-refractivity contribution in [1.82, 2.24) is 15.2 Å². The van der Waals surface area contributed by atoms with Crippen LogP contribution in [0.25, 0.3) is 0 Å². The molecular weight excluding hydrogens is 305 g/mol. The van der Waals surface area contributed by atoms with E-state index in [2.05, 4.69) is 10.3 Å². The van der Waals surface area contributed by atoms with Crippen LogP contribution in [0.3, 0.4) is 0 Å². The molecule has 116 valence electrons. The summed E-state index contributed by atoms with van der Waals surface area (Å²) < 4.78 is 13.0. The number of hydrogen-bond acceptors (Lipinski definition) is 3. The molecule has 0 bridgehead atoms. The fourth-order valence-corrected chi connectivity index (χ4v) is 2.23. The Morgan fingerprint density at radius 1 is 1.41 bits per heavy atom. The molecule has 2 aromatic rings. The molecule has 0 unspecified atom stereocenters. The first-order valence-electron chi connectivity index (χ1n) is 6.82. The van der Waals surface area contributed by atoms with Crippen molar-refractivity contribution in [3.8, 4) is 0 Å². The summed E-state index contributed by atoms with van der Waals surface area (Å²) in [4.78, 5) is 17.7. The summed E-state index contributed by atoms with van der Waals surface area (Å²) >= 11 is 5.98. The summed E-state index contributed by atoms with van der Waals surface area (Å²) in [6, 6.07) is 7.98. The summed E-state index contributed by atoms with van der Waals surface area (Å²) in [5.41, 5.74) is 1.73. The Kier molecular flexibility index (Phi) is 5.86. The molecular formula is C16H17ClFN3O. The van der Waals surface area contributed by atoms with E-state index < -0.39 is 0 Å². The van der Waals surface area contributed by atoms with E-state index in [9.17, 15) is 9.18 Å². The fraction of sp³-hybridized carbons (Fsp3) is 0.250. The normalized spacial score (nSPS) is 10.7. The molecule has 0 saturated carbocycles. The third kappa shape index (κ3) is 5.09. The van der Waals surface area contributed by atoms with E-state index in [1.165, 1.54) is 12.1 Å². The topological polar surface area (TPSA) is 45.2 Å². The maximum atomic E-state index is 13.0. The zero-order valence-electron chi connectivity index (χ0n) is 12.2. The fourth-order valence-electron chi connectivity index (χ4n) is 2.00. The van der Waals surface area contributed by atoms with Gasteiger partial charge in [0.05, 0.1) is 6.54 Å². The third-order valence-corrected chi connectivity index (χ3v) is 3.43. The average molecular weight is 322 g/mol. The maximum Gasteiger partial charge on any atom is 0.234 e. The molecule has 0 fully saturated rings. The number of hydrogen-bond donors (Lipinski definition) is 1. The zero-order valence-corrected chi connectivity index (χ0v) is 13.0. The van der Waals surface area contributed by atoms with Crippen LogP contribution in [-0.4, -0.2) is 29.4 Å². The summed E-state index contributed by atoms with van der Waals surface area (Å²) in [6.45, 7) is 1.14. The van der Waals surface area contributed by atoms with Crippen molar-refractivity contribution in [2.75, 3.05) is 13.6 Å². The number of nitrogens with zero attached hydrogens (tertiary/aromatic N) is 2. The molecule has 0 saturated heterocycles. The van der Waals surface area contributed by atoms with E-state index in [0.29, 0.717) is 18.1 Å². The molecule has 1 N–H and O–H groups in total. The first kappa shape index (κ1) is 16.4. The Morgan fingerprint density at radius 3 is 2.91 bits per heavy atom. The molecule has 0 atom stereocenters. The Morgan fingerprint density at radius 2 is 2.23 bits per heavy atom. The molecule has 0 radical (unpaired) electrons. The second-order valence-electron chi connectivity index (χ2n) is 5.05. The predicted octanol–water partition coefficient (Wildman–Crippen LogP) is 2.62. The number of nitrogens with one attached hydrogen (secondary N) is 1. The minimum Gasteiger partial charge on any atom is -0.351 e. The van der Waals surface area contributed by atoms with Gasteiger partial charge in [-0.3, -0.25) is 14.7 Å². The van der Waals surface area contributed by atoms with Crippen molar-refractivity contribution in [3.63, 3.8) is 0 Å². The molecule has 1 aromatic heterocycles. The third-order valence-electron chi connectivity index (χ3n) is 3.08. The van der Waals surface area contributed by atoms with Crippen LogP contribution in [0.2, 0.25) is 5.02 Å². The van der Waals surface area contributed by atoms with E-state index in [1.54, 1.807) is 18.5 Å². The first-order chi connectivity index (χ1) is 10.5. The van der Waals surface area contributed by atoms with Gasteiger partial charge in [0.2, 0.25) is 5.91 Å². The van der Waals surface area contributed by atoms with Crippen molar-refractivity contribution in [3.05, 3.63) is 64.7 Å². The lowest BCUT2D eigenvalue weighted by atomic mass is 10.2. The van der Waals surface area contributed by atoms with E-state index in [-0.39, 0.29) is 18.3 Å². The molecule has 4 nitrogen and oxygen atoms in total. The zero-order chi connectivity index (χ0) is 15.9. The molecule has 1 amide bonds. The van der Waals surface area contributed by atoms with Crippen LogP contribution in [0, 0.1) is 5.82 Å². The number of rotatable bonds is 6. The summed E-state index contributed by atoms with van der Waals surface area (Å²) in [6.07, 6.45) is 3.40. The van der Waals surface area contributed by atoms with Crippen molar-refractivity contribution >= 4 is 17.5 Å². The van der Waals surface area contributed by atoms with Crippen molar-refractivity contribution in [2.45, 2.75) is 13.1 Å². The quantitative estimate of drug-likeness (QED) is 0.889. The van der Waals surface area contributed by atoms with E-state index in [1.807, 2.05) is 24.1 Å². The Bertz CT molecular complexity index is 637. The van der Waals surface area contributed by atoms with Gasteiger partial charge in [-0.15, -0.1) is 0 Å². The standard InChI is InChI=1S/C16H17ClFN3O/c1-21(10-13-4-5-14(18)7-15(13)17)11-16(22)20-9-12-3-2-6-19-8-12/h2-8H,9-11H2,1H3,(H,20,22). The number of amides is 1. The van der Waals surface area contributed by atoms with Gasteiger partial charge in [-0.25, -0.2) is 4.39 Å². The summed E-state index contributed by atoms with van der Waals surface area (Å²) in [5, 5.41) is 3.19. The van der Waals surface area contributed by atoms with Gasteiger partial charge in [0.25, 0.3) is 0 Å². The van der Waals surface area contributed by atoms with Gasteiger partial charge in [0.15, 0.2) is 0 Å². The minimum absolute atomic E-state index is 0.0930. The van der Waals surface area contributed by atoms with Gasteiger partial charge in [-0.1, -0.05) is 23.7 Å². The highest BCUT2D eigenvalue weighted by molar-refractivity contribution is 6.31. The smallest absolute Gasteiger partial charge is 0.234 e. The van der Waals surface area contributed by atoms with Gasteiger partial charge in [0, 0.05) is 30.5 Å². The number of halogens is 2. The van der Waals surface area contributed by atoms with Crippen LogP contribution in [-0.2, 0) is 17.9 Å². The highest BCUT2D eigenvalue weighted by atomic mass is 35.5. The lowest BCUT2D eigenvalue weighted by Crippen LogP contribution is -2.34. The second-order valence-corrected chi connectivity index (χ2v) is 5.45. The Balaban J connectivity index is 1.81. The maximum absolute atomic E-state index is 13.0. The highest BCUT2D eigenvalue weighted by Crippen LogP contribution is 2.18. The Labute approximate surface area is 133 Å². The average Bonchev–Trinajstić information content (AvgIpc) is 2.49. The number of carbonyl (C=O) groups excluding carboxylic acids is 1. The van der Waals surface area contributed by atoms with E-state index in [0.717, 1.165) is 11.1 Å². The van der Waals surface area contributed by atoms with Gasteiger partial charge in [-0.2, -0.15) is 0 Å². The molecule has 2 rings (SSSR count). The van der Waals surface area contributed by atoms with Gasteiger partial charge < -0.3 is 5.32 Å². The molecule has 6 heteroatoms. The number of benzene rings is 1. The molecule has 0 aliphatic carbocycles. The van der Waals surface area contributed by atoms with Gasteiger partial charge in [0.1, 0.15) is 5.82 Å². The van der Waals surface area contributed by atoms with Crippen LogP contribution < -0.4 is 5.32 Å².